The van der Waals surface area contributed by atoms with E-state index in [1.165, 1.54) is 0 Å². The van der Waals surface area contributed by atoms with Crippen LogP contribution in [0.2, 0.25) is 5.02 Å². The summed E-state index contributed by atoms with van der Waals surface area (Å²) in [7, 11) is 0. The van der Waals surface area contributed by atoms with Crippen molar-refractivity contribution in [2.75, 3.05) is 11.9 Å². The third kappa shape index (κ3) is 4.50. The molecule has 0 saturated carbocycles. The highest BCUT2D eigenvalue weighted by molar-refractivity contribution is 6.30. The topological polar surface area (TPSA) is 104 Å². The number of hydrogen-bond donors (Lipinski definition) is 3. The van der Waals surface area contributed by atoms with E-state index < -0.39 is 17.2 Å². The van der Waals surface area contributed by atoms with Gasteiger partial charge >= 0.3 is 5.69 Å². The normalized spacial score (nSPS) is 10.1. The Morgan fingerprint density at radius 2 is 1.95 bits per heavy atom. The van der Waals surface area contributed by atoms with Crippen molar-refractivity contribution in [2.45, 2.75) is 6.42 Å². The fourth-order valence-corrected chi connectivity index (χ4v) is 1.63. The van der Waals surface area contributed by atoms with Crippen LogP contribution in [0.4, 0.5) is 5.69 Å². The van der Waals surface area contributed by atoms with Crippen molar-refractivity contribution in [3.05, 3.63) is 56.3 Å². The number of aromatic amines is 2. The number of rotatable bonds is 5. The van der Waals surface area contributed by atoms with Crippen molar-refractivity contribution in [1.29, 1.82) is 0 Å². The van der Waals surface area contributed by atoms with E-state index in [-0.39, 0.29) is 18.7 Å². The molecule has 0 aliphatic carbocycles. The number of anilines is 1. The number of nitrogens with one attached hydrogen (secondary N) is 3. The molecule has 8 heteroatoms. The molecule has 1 aromatic carbocycles. The summed E-state index contributed by atoms with van der Waals surface area (Å²) in [6, 6.07) is 6.73. The number of carbonyl (C=O) groups is 1. The highest BCUT2D eigenvalue weighted by Crippen LogP contribution is 2.15. The van der Waals surface area contributed by atoms with Crippen molar-refractivity contribution < 1.29 is 9.53 Å². The Hall–Kier alpha value is -2.54. The third-order valence-corrected chi connectivity index (χ3v) is 2.76. The molecule has 0 spiro atoms. The highest BCUT2D eigenvalue weighted by atomic mass is 35.5. The summed E-state index contributed by atoms with van der Waals surface area (Å²) in [5, 5.41) is 2.97. The van der Waals surface area contributed by atoms with E-state index in [1.54, 1.807) is 24.3 Å². The SMILES string of the molecule is O=C(CCOc1ccc(Cl)cc1)Nc1c[nH]c(=O)[nH]c1=O. The second-order valence-corrected chi connectivity index (χ2v) is 4.52. The predicted molar refractivity (Wildman–Crippen MR) is 77.9 cm³/mol. The quantitative estimate of drug-likeness (QED) is 0.770. The zero-order chi connectivity index (χ0) is 15.2. The van der Waals surface area contributed by atoms with Gasteiger partial charge in [-0.3, -0.25) is 14.6 Å². The van der Waals surface area contributed by atoms with Gasteiger partial charge in [0, 0.05) is 11.2 Å². The number of amides is 1. The van der Waals surface area contributed by atoms with Crippen LogP contribution in [0.3, 0.4) is 0 Å². The third-order valence-electron chi connectivity index (χ3n) is 2.50. The second-order valence-electron chi connectivity index (χ2n) is 4.09. The average molecular weight is 310 g/mol. The Bertz CT molecular complexity index is 736. The minimum Gasteiger partial charge on any atom is -0.493 e. The number of carbonyl (C=O) groups excluding carboxylic acids is 1. The van der Waals surface area contributed by atoms with Gasteiger partial charge in [0.25, 0.3) is 5.56 Å². The van der Waals surface area contributed by atoms with Crippen LogP contribution in [-0.2, 0) is 4.79 Å². The van der Waals surface area contributed by atoms with Crippen LogP contribution in [0, 0.1) is 0 Å². The predicted octanol–water partition coefficient (Wildman–Crippen LogP) is 1.12. The number of benzene rings is 1. The van der Waals surface area contributed by atoms with E-state index in [4.69, 9.17) is 16.3 Å². The van der Waals surface area contributed by atoms with Crippen LogP contribution in [0.1, 0.15) is 6.42 Å². The molecule has 2 aromatic rings. The van der Waals surface area contributed by atoms with E-state index in [0.29, 0.717) is 10.8 Å². The van der Waals surface area contributed by atoms with Gasteiger partial charge in [-0.25, -0.2) is 4.79 Å². The fraction of sp³-hybridized carbons (Fsp3) is 0.154. The first-order valence-corrected chi connectivity index (χ1v) is 6.42. The molecule has 1 amide bonds. The largest absolute Gasteiger partial charge is 0.493 e. The van der Waals surface area contributed by atoms with Crippen LogP contribution < -0.4 is 21.3 Å². The second kappa shape index (κ2) is 6.76. The summed E-state index contributed by atoms with van der Waals surface area (Å²) in [4.78, 5) is 38.1. The molecule has 0 saturated heterocycles. The molecule has 0 atom stereocenters. The summed E-state index contributed by atoms with van der Waals surface area (Å²) in [5.41, 5.74) is -1.32. The van der Waals surface area contributed by atoms with Crippen molar-refractivity contribution in [2.24, 2.45) is 0 Å². The molecule has 0 aliphatic rings. The van der Waals surface area contributed by atoms with Crippen LogP contribution >= 0.6 is 11.6 Å². The molecule has 7 nitrogen and oxygen atoms in total. The first kappa shape index (κ1) is 14.9. The monoisotopic (exact) mass is 309 g/mol. The molecular formula is C13H12ClN3O4. The number of halogens is 1. The van der Waals surface area contributed by atoms with Gasteiger partial charge in [-0.15, -0.1) is 0 Å². The zero-order valence-electron chi connectivity index (χ0n) is 10.8. The first-order chi connectivity index (χ1) is 10.0. The van der Waals surface area contributed by atoms with Crippen molar-refractivity contribution in [1.82, 2.24) is 9.97 Å². The molecule has 21 heavy (non-hydrogen) atoms. The maximum Gasteiger partial charge on any atom is 0.325 e. The molecule has 3 N–H and O–H groups in total. The molecule has 2 rings (SSSR count). The lowest BCUT2D eigenvalue weighted by molar-refractivity contribution is -0.116. The van der Waals surface area contributed by atoms with E-state index in [9.17, 15) is 14.4 Å². The Kier molecular flexibility index (Phi) is 4.78. The van der Waals surface area contributed by atoms with Gasteiger partial charge in [-0.2, -0.15) is 0 Å². The Balaban J connectivity index is 1.83. The highest BCUT2D eigenvalue weighted by Gasteiger charge is 2.06. The molecular weight excluding hydrogens is 298 g/mol. The van der Waals surface area contributed by atoms with Gasteiger partial charge in [0.1, 0.15) is 11.4 Å². The van der Waals surface area contributed by atoms with Crippen molar-refractivity contribution in [3.8, 4) is 5.75 Å². The number of hydrogen-bond acceptors (Lipinski definition) is 4. The molecule has 0 bridgehead atoms. The molecule has 1 heterocycles. The Labute approximate surface area is 123 Å². The number of ether oxygens (including phenoxy) is 1. The molecule has 0 aliphatic heterocycles. The lowest BCUT2D eigenvalue weighted by Gasteiger charge is -2.06. The summed E-state index contributed by atoms with van der Waals surface area (Å²) in [6.45, 7) is 0.148. The first-order valence-electron chi connectivity index (χ1n) is 6.05. The minimum absolute atomic E-state index is 0.0221. The lowest BCUT2D eigenvalue weighted by atomic mass is 10.3. The Morgan fingerprint density at radius 1 is 1.24 bits per heavy atom. The summed E-state index contributed by atoms with van der Waals surface area (Å²) >= 11 is 5.73. The maximum absolute atomic E-state index is 11.6. The van der Waals surface area contributed by atoms with Crippen molar-refractivity contribution in [3.63, 3.8) is 0 Å². The van der Waals surface area contributed by atoms with Crippen LogP contribution in [-0.4, -0.2) is 22.5 Å². The van der Waals surface area contributed by atoms with E-state index in [1.807, 2.05) is 4.98 Å². The molecule has 0 radical (unpaired) electrons. The average Bonchev–Trinajstić information content (AvgIpc) is 2.44. The lowest BCUT2D eigenvalue weighted by Crippen LogP contribution is -2.27. The van der Waals surface area contributed by atoms with E-state index >= 15 is 0 Å². The van der Waals surface area contributed by atoms with Gasteiger partial charge in [-0.05, 0) is 24.3 Å². The molecule has 1 aromatic heterocycles. The van der Waals surface area contributed by atoms with Crippen molar-refractivity contribution >= 4 is 23.2 Å². The van der Waals surface area contributed by atoms with Gasteiger partial charge in [0.15, 0.2) is 0 Å². The standard InChI is InChI=1S/C13H12ClN3O4/c14-8-1-3-9(4-2-8)21-6-5-11(18)16-10-7-15-13(20)17-12(10)19/h1-4,7H,5-6H2,(H,16,18)(H2,15,17,19,20). The van der Waals surface area contributed by atoms with Gasteiger partial charge in [-0.1, -0.05) is 11.6 Å². The fourth-order valence-electron chi connectivity index (χ4n) is 1.51. The van der Waals surface area contributed by atoms with Crippen LogP contribution in [0.25, 0.3) is 0 Å². The Morgan fingerprint density at radius 3 is 2.62 bits per heavy atom. The van der Waals surface area contributed by atoms with E-state index in [2.05, 4.69) is 10.3 Å². The van der Waals surface area contributed by atoms with Crippen LogP contribution in [0.5, 0.6) is 5.75 Å². The minimum atomic E-state index is -0.661. The summed E-state index contributed by atoms with van der Waals surface area (Å²) < 4.78 is 5.36. The maximum atomic E-state index is 11.6. The molecule has 0 unspecified atom stereocenters. The van der Waals surface area contributed by atoms with Gasteiger partial charge < -0.3 is 15.0 Å². The number of H-pyrrole nitrogens is 2. The molecule has 0 fully saturated rings. The summed E-state index contributed by atoms with van der Waals surface area (Å²) in [5.74, 6) is 0.190. The van der Waals surface area contributed by atoms with E-state index in [0.717, 1.165) is 6.20 Å². The van der Waals surface area contributed by atoms with Crippen LogP contribution in [0.15, 0.2) is 40.1 Å². The zero-order valence-corrected chi connectivity index (χ0v) is 11.6. The smallest absolute Gasteiger partial charge is 0.325 e. The number of aromatic nitrogens is 2. The van der Waals surface area contributed by atoms with Gasteiger partial charge in [0.05, 0.1) is 13.0 Å². The molecule has 110 valence electrons. The van der Waals surface area contributed by atoms with Gasteiger partial charge in [0.2, 0.25) is 5.91 Å². The summed E-state index contributed by atoms with van der Waals surface area (Å²) in [6.07, 6.45) is 1.19.